The quantitative estimate of drug-likeness (QED) is 0.747. The van der Waals surface area contributed by atoms with Gasteiger partial charge in [0.05, 0.1) is 6.42 Å². The van der Waals surface area contributed by atoms with E-state index in [1.54, 1.807) is 4.57 Å². The van der Waals surface area contributed by atoms with Gasteiger partial charge in [-0.3, -0.25) is 19.1 Å². The first-order valence-electron chi connectivity index (χ1n) is 6.49. The monoisotopic (exact) mass is 312 g/mol. The molecule has 0 fully saturated rings. The molecule has 0 amide bonds. The Hall–Kier alpha value is -2.03. The van der Waals surface area contributed by atoms with Gasteiger partial charge < -0.3 is 9.67 Å². The molecule has 2 aromatic rings. The molecule has 2 aromatic heterocycles. The van der Waals surface area contributed by atoms with Crippen LogP contribution < -0.4 is 11.2 Å². The first-order chi connectivity index (χ1) is 9.95. The fourth-order valence-corrected chi connectivity index (χ4v) is 2.93. The normalized spacial score (nSPS) is 11.1. The molecule has 0 bridgehead atoms. The molecular weight excluding hydrogens is 296 g/mol. The Kier molecular flexibility index (Phi) is 4.51. The summed E-state index contributed by atoms with van der Waals surface area (Å²) in [5.74, 6) is -0.528. The van der Waals surface area contributed by atoms with E-state index in [1.807, 2.05) is 6.92 Å². The van der Waals surface area contributed by atoms with Crippen LogP contribution in [0.2, 0.25) is 0 Å². The summed E-state index contributed by atoms with van der Waals surface area (Å²) in [6, 6.07) is 0. The zero-order valence-corrected chi connectivity index (χ0v) is 12.6. The Labute approximate surface area is 123 Å². The van der Waals surface area contributed by atoms with Crippen molar-refractivity contribution in [3.8, 4) is 0 Å². The van der Waals surface area contributed by atoms with E-state index in [4.69, 9.17) is 5.11 Å². The largest absolute Gasteiger partial charge is 0.481 e. The predicted octanol–water partition coefficient (Wildman–Crippen LogP) is 0.400. The third-order valence-electron chi connectivity index (χ3n) is 2.97. The molecule has 0 aromatic carbocycles. The standard InChI is InChI=1S/C12H16N4O4S/c1-3-5-16-8-9(15(2)11(20)14-10(8)19)13-12(16)21-6-4-7(17)18/h3-6H2,1-2H3,(H,17,18)(H,14,19,20). The van der Waals surface area contributed by atoms with Gasteiger partial charge in [0.2, 0.25) is 0 Å². The number of carboxylic acid groups (broad SMARTS) is 1. The number of aliphatic carboxylic acids is 1. The molecule has 0 unspecified atom stereocenters. The number of H-pyrrole nitrogens is 1. The fourth-order valence-electron chi connectivity index (χ4n) is 1.99. The van der Waals surface area contributed by atoms with Crippen molar-refractivity contribution in [1.82, 2.24) is 19.1 Å². The van der Waals surface area contributed by atoms with E-state index >= 15 is 0 Å². The maximum Gasteiger partial charge on any atom is 0.329 e. The molecule has 2 rings (SSSR count). The van der Waals surface area contributed by atoms with Crippen LogP contribution in [0.1, 0.15) is 19.8 Å². The molecule has 114 valence electrons. The van der Waals surface area contributed by atoms with Gasteiger partial charge in [-0.05, 0) is 6.42 Å². The minimum atomic E-state index is -0.883. The van der Waals surface area contributed by atoms with Gasteiger partial charge >= 0.3 is 11.7 Å². The molecule has 0 aliphatic heterocycles. The summed E-state index contributed by atoms with van der Waals surface area (Å²) >= 11 is 1.27. The maximum atomic E-state index is 12.0. The number of aromatic nitrogens is 4. The van der Waals surface area contributed by atoms with Gasteiger partial charge in [0.25, 0.3) is 5.56 Å². The molecule has 9 heteroatoms. The average Bonchev–Trinajstić information content (AvgIpc) is 2.76. The molecule has 8 nitrogen and oxygen atoms in total. The van der Waals surface area contributed by atoms with Crippen molar-refractivity contribution in [3.63, 3.8) is 0 Å². The Morgan fingerprint density at radius 3 is 2.76 bits per heavy atom. The highest BCUT2D eigenvalue weighted by atomic mass is 32.2. The van der Waals surface area contributed by atoms with Crippen LogP contribution in [-0.4, -0.2) is 35.9 Å². The van der Waals surface area contributed by atoms with Crippen LogP contribution in [0.25, 0.3) is 11.2 Å². The van der Waals surface area contributed by atoms with E-state index in [0.29, 0.717) is 28.6 Å². The number of nitrogens with one attached hydrogen (secondary N) is 1. The predicted molar refractivity (Wildman–Crippen MR) is 78.9 cm³/mol. The van der Waals surface area contributed by atoms with Gasteiger partial charge in [-0.25, -0.2) is 9.78 Å². The van der Waals surface area contributed by atoms with E-state index in [2.05, 4.69) is 9.97 Å². The van der Waals surface area contributed by atoms with Crippen molar-refractivity contribution in [2.75, 3.05) is 5.75 Å². The molecule has 2 heterocycles. The third-order valence-corrected chi connectivity index (χ3v) is 3.94. The van der Waals surface area contributed by atoms with Crippen molar-refractivity contribution < 1.29 is 9.90 Å². The van der Waals surface area contributed by atoms with Crippen molar-refractivity contribution in [2.24, 2.45) is 7.05 Å². The summed E-state index contributed by atoms with van der Waals surface area (Å²) in [5, 5.41) is 9.24. The Bertz CT molecular complexity index is 789. The Morgan fingerprint density at radius 1 is 1.43 bits per heavy atom. The zero-order chi connectivity index (χ0) is 15.6. The highest BCUT2D eigenvalue weighted by Crippen LogP contribution is 2.22. The van der Waals surface area contributed by atoms with Crippen LogP contribution in [0.3, 0.4) is 0 Å². The van der Waals surface area contributed by atoms with Crippen LogP contribution in [0.5, 0.6) is 0 Å². The second-order valence-electron chi connectivity index (χ2n) is 4.53. The molecule has 21 heavy (non-hydrogen) atoms. The van der Waals surface area contributed by atoms with Crippen molar-refractivity contribution in [1.29, 1.82) is 0 Å². The first-order valence-corrected chi connectivity index (χ1v) is 7.48. The summed E-state index contributed by atoms with van der Waals surface area (Å²) in [6.45, 7) is 2.54. The second kappa shape index (κ2) is 6.17. The van der Waals surface area contributed by atoms with Gasteiger partial charge in [-0.1, -0.05) is 18.7 Å². The van der Waals surface area contributed by atoms with Crippen molar-refractivity contribution >= 4 is 28.9 Å². The van der Waals surface area contributed by atoms with E-state index < -0.39 is 17.2 Å². The second-order valence-corrected chi connectivity index (χ2v) is 5.59. The van der Waals surface area contributed by atoms with E-state index in [0.717, 1.165) is 6.42 Å². The highest BCUT2D eigenvalue weighted by molar-refractivity contribution is 7.99. The van der Waals surface area contributed by atoms with Crippen LogP contribution in [0, 0.1) is 0 Å². The molecule has 0 spiro atoms. The number of rotatable bonds is 6. The van der Waals surface area contributed by atoms with Crippen LogP contribution in [-0.2, 0) is 18.4 Å². The minimum Gasteiger partial charge on any atom is -0.481 e. The van der Waals surface area contributed by atoms with E-state index in [1.165, 1.54) is 23.4 Å². The lowest BCUT2D eigenvalue weighted by molar-refractivity contribution is -0.136. The summed E-state index contributed by atoms with van der Waals surface area (Å²) in [5.41, 5.74) is -0.332. The van der Waals surface area contributed by atoms with Gasteiger partial charge in [-0.2, -0.15) is 0 Å². The van der Waals surface area contributed by atoms with Crippen LogP contribution >= 0.6 is 11.8 Å². The number of hydrogen-bond donors (Lipinski definition) is 2. The number of aromatic amines is 1. The number of aryl methyl sites for hydroxylation is 2. The summed E-state index contributed by atoms with van der Waals surface area (Å²) in [4.78, 5) is 40.8. The third kappa shape index (κ3) is 3.02. The van der Waals surface area contributed by atoms with Gasteiger partial charge in [0.15, 0.2) is 16.3 Å². The number of hydrogen-bond acceptors (Lipinski definition) is 5. The Balaban J connectivity index is 2.54. The number of nitrogens with zero attached hydrogens (tertiary/aromatic N) is 3. The minimum absolute atomic E-state index is 0.00921. The highest BCUT2D eigenvalue weighted by Gasteiger charge is 2.17. The molecule has 0 radical (unpaired) electrons. The zero-order valence-electron chi connectivity index (χ0n) is 11.8. The van der Waals surface area contributed by atoms with Gasteiger partial charge in [0, 0.05) is 19.3 Å². The number of fused-ring (bicyclic) bond motifs is 1. The van der Waals surface area contributed by atoms with E-state index in [9.17, 15) is 14.4 Å². The number of carbonyl (C=O) groups is 1. The maximum absolute atomic E-state index is 12.0. The Morgan fingerprint density at radius 2 is 2.14 bits per heavy atom. The average molecular weight is 312 g/mol. The molecule has 2 N–H and O–H groups in total. The van der Waals surface area contributed by atoms with Gasteiger partial charge in [-0.15, -0.1) is 0 Å². The summed E-state index contributed by atoms with van der Waals surface area (Å²) in [6.07, 6.45) is 0.801. The molecule has 0 aliphatic carbocycles. The molecule has 0 atom stereocenters. The topological polar surface area (TPSA) is 110 Å². The molecule has 0 aliphatic rings. The number of imidazole rings is 1. The smallest absolute Gasteiger partial charge is 0.329 e. The molecular formula is C12H16N4O4S. The molecule has 0 saturated heterocycles. The SMILES string of the molecule is CCCn1c(SCCC(=O)O)nc2c1c(=O)[nH]c(=O)n2C. The summed E-state index contributed by atoms with van der Waals surface area (Å²) in [7, 11) is 1.54. The van der Waals surface area contributed by atoms with Crippen LogP contribution in [0.15, 0.2) is 14.7 Å². The lowest BCUT2D eigenvalue weighted by atomic mass is 10.4. The van der Waals surface area contributed by atoms with Gasteiger partial charge in [0.1, 0.15) is 0 Å². The summed E-state index contributed by atoms with van der Waals surface area (Å²) < 4.78 is 3.02. The van der Waals surface area contributed by atoms with E-state index in [-0.39, 0.29) is 6.42 Å². The lowest BCUT2D eigenvalue weighted by Gasteiger charge is -2.05. The fraction of sp³-hybridized carbons (Fsp3) is 0.500. The first kappa shape index (κ1) is 15.4. The lowest BCUT2D eigenvalue weighted by Crippen LogP contribution is -2.29. The van der Waals surface area contributed by atoms with Crippen molar-refractivity contribution in [2.45, 2.75) is 31.5 Å². The van der Waals surface area contributed by atoms with Crippen molar-refractivity contribution in [3.05, 3.63) is 20.8 Å². The number of carboxylic acids is 1. The van der Waals surface area contributed by atoms with Crippen LogP contribution in [0.4, 0.5) is 0 Å². The number of thioether (sulfide) groups is 1. The molecule has 0 saturated carbocycles.